The van der Waals surface area contributed by atoms with E-state index < -0.39 is 24.0 Å². The lowest BCUT2D eigenvalue weighted by Gasteiger charge is -2.33. The van der Waals surface area contributed by atoms with Crippen molar-refractivity contribution in [3.8, 4) is 0 Å². The average molecular weight is 483 g/mol. The standard InChI is InChI=1S/C23H25F3N2O4S/c1-22(2,3)12-9-10-14-16(11-12)33-19(28-21(31)23(24,25)26)17(14)18(29)27-15-8-6-5-7-13(15)20(30)32-4/h5-8,12H,9-11H2,1-4H3,(H,27,29)(H,28,31). The Morgan fingerprint density at radius 1 is 1.09 bits per heavy atom. The molecule has 1 aromatic carbocycles. The molecule has 0 spiro atoms. The highest BCUT2D eigenvalue weighted by Gasteiger charge is 2.41. The molecule has 1 aliphatic carbocycles. The molecule has 2 amide bonds. The molecule has 10 heteroatoms. The summed E-state index contributed by atoms with van der Waals surface area (Å²) in [4.78, 5) is 37.7. The topological polar surface area (TPSA) is 84.5 Å². The second-order valence-corrected chi connectivity index (χ2v) is 10.1. The Bertz CT molecular complexity index is 1090. The highest BCUT2D eigenvalue weighted by atomic mass is 32.1. The number of fused-ring (bicyclic) bond motifs is 1. The first-order chi connectivity index (χ1) is 15.3. The average Bonchev–Trinajstić information content (AvgIpc) is 3.09. The van der Waals surface area contributed by atoms with E-state index in [9.17, 15) is 27.6 Å². The van der Waals surface area contributed by atoms with Gasteiger partial charge < -0.3 is 15.4 Å². The van der Waals surface area contributed by atoms with Crippen LogP contribution in [0.1, 0.15) is 58.3 Å². The summed E-state index contributed by atoms with van der Waals surface area (Å²) in [6.45, 7) is 6.29. The Balaban J connectivity index is 2.01. The summed E-state index contributed by atoms with van der Waals surface area (Å²) in [5, 5.41) is 4.34. The van der Waals surface area contributed by atoms with Crippen molar-refractivity contribution in [2.24, 2.45) is 11.3 Å². The molecule has 0 fully saturated rings. The van der Waals surface area contributed by atoms with Crippen LogP contribution in [-0.4, -0.2) is 31.1 Å². The first-order valence-corrected chi connectivity index (χ1v) is 11.2. The maximum absolute atomic E-state index is 13.3. The van der Waals surface area contributed by atoms with Gasteiger partial charge in [0.25, 0.3) is 5.91 Å². The highest BCUT2D eigenvalue weighted by molar-refractivity contribution is 7.17. The van der Waals surface area contributed by atoms with Crippen molar-refractivity contribution in [3.63, 3.8) is 0 Å². The number of carbonyl (C=O) groups is 3. The summed E-state index contributed by atoms with van der Waals surface area (Å²) in [7, 11) is 1.20. The second kappa shape index (κ2) is 9.17. The van der Waals surface area contributed by atoms with E-state index in [0.717, 1.165) is 22.6 Å². The van der Waals surface area contributed by atoms with Crippen LogP contribution in [0.15, 0.2) is 24.3 Å². The van der Waals surface area contributed by atoms with Crippen LogP contribution in [-0.2, 0) is 22.4 Å². The second-order valence-electron chi connectivity index (χ2n) is 8.96. The molecule has 3 rings (SSSR count). The lowest BCUT2D eigenvalue weighted by Crippen LogP contribution is -2.30. The third kappa shape index (κ3) is 5.38. The molecule has 1 unspecified atom stereocenters. The smallest absolute Gasteiger partial charge is 0.465 e. The number of esters is 1. The van der Waals surface area contributed by atoms with Crippen LogP contribution < -0.4 is 10.6 Å². The van der Waals surface area contributed by atoms with Crippen LogP contribution in [0.4, 0.5) is 23.9 Å². The Morgan fingerprint density at radius 3 is 2.36 bits per heavy atom. The fourth-order valence-electron chi connectivity index (χ4n) is 3.89. The van der Waals surface area contributed by atoms with Gasteiger partial charge in [-0.1, -0.05) is 32.9 Å². The number of alkyl halides is 3. The van der Waals surface area contributed by atoms with Gasteiger partial charge in [0.1, 0.15) is 5.00 Å². The van der Waals surface area contributed by atoms with Crippen LogP contribution in [0.2, 0.25) is 0 Å². The normalized spacial score (nSPS) is 16.0. The molecular weight excluding hydrogens is 457 g/mol. The number of hydrogen-bond donors (Lipinski definition) is 2. The van der Waals surface area contributed by atoms with Crippen LogP contribution in [0, 0.1) is 11.3 Å². The molecule has 1 atom stereocenters. The van der Waals surface area contributed by atoms with Crippen molar-refractivity contribution in [2.45, 2.75) is 46.2 Å². The molecule has 6 nitrogen and oxygen atoms in total. The number of anilines is 2. The number of halogens is 3. The predicted molar refractivity (Wildman–Crippen MR) is 120 cm³/mol. The SMILES string of the molecule is COC(=O)c1ccccc1NC(=O)c1c(NC(=O)C(F)(F)F)sc2c1CCC(C(C)(C)C)C2. The minimum absolute atomic E-state index is 0.000344. The molecule has 2 N–H and O–H groups in total. The van der Waals surface area contributed by atoms with Crippen molar-refractivity contribution in [2.75, 3.05) is 17.7 Å². The van der Waals surface area contributed by atoms with Gasteiger partial charge in [-0.25, -0.2) is 4.79 Å². The number of amides is 2. The maximum Gasteiger partial charge on any atom is 0.471 e. The molecule has 1 heterocycles. The zero-order chi connectivity index (χ0) is 24.6. The van der Waals surface area contributed by atoms with Gasteiger partial charge >= 0.3 is 18.1 Å². The first-order valence-electron chi connectivity index (χ1n) is 10.3. The van der Waals surface area contributed by atoms with E-state index in [1.807, 2.05) is 5.32 Å². The van der Waals surface area contributed by atoms with E-state index >= 15 is 0 Å². The van der Waals surface area contributed by atoms with Gasteiger partial charge in [-0.2, -0.15) is 13.2 Å². The van der Waals surface area contributed by atoms with E-state index in [0.29, 0.717) is 18.4 Å². The van der Waals surface area contributed by atoms with Crippen molar-refractivity contribution in [3.05, 3.63) is 45.8 Å². The van der Waals surface area contributed by atoms with Crippen molar-refractivity contribution in [1.82, 2.24) is 0 Å². The minimum Gasteiger partial charge on any atom is -0.465 e. The summed E-state index contributed by atoms with van der Waals surface area (Å²) in [5.41, 5.74) is 0.876. The number of thiophene rings is 1. The molecule has 0 bridgehead atoms. The summed E-state index contributed by atoms with van der Waals surface area (Å²) in [6, 6.07) is 6.15. The number of carbonyl (C=O) groups excluding carboxylic acids is 3. The Hall–Kier alpha value is -2.88. The zero-order valence-corrected chi connectivity index (χ0v) is 19.5. The van der Waals surface area contributed by atoms with Crippen molar-refractivity contribution < 1.29 is 32.3 Å². The van der Waals surface area contributed by atoms with Gasteiger partial charge in [-0.05, 0) is 48.3 Å². The molecule has 178 valence electrons. The van der Waals surface area contributed by atoms with Gasteiger partial charge in [0, 0.05) is 4.88 Å². The largest absolute Gasteiger partial charge is 0.471 e. The first kappa shape index (κ1) is 24.8. The number of hydrogen-bond acceptors (Lipinski definition) is 5. The Labute approximate surface area is 193 Å². The summed E-state index contributed by atoms with van der Waals surface area (Å²) in [6.07, 6.45) is -3.23. The maximum atomic E-state index is 13.3. The lowest BCUT2D eigenvalue weighted by atomic mass is 9.72. The highest BCUT2D eigenvalue weighted by Crippen LogP contribution is 2.44. The number of nitrogens with one attached hydrogen (secondary N) is 2. The van der Waals surface area contributed by atoms with Gasteiger partial charge in [0.2, 0.25) is 0 Å². The number of ether oxygens (including phenoxy) is 1. The summed E-state index contributed by atoms with van der Waals surface area (Å²) >= 11 is 0.996. The molecule has 1 aliphatic rings. The fraction of sp³-hybridized carbons (Fsp3) is 0.435. The summed E-state index contributed by atoms with van der Waals surface area (Å²) < 4.78 is 43.5. The Morgan fingerprint density at radius 2 is 1.76 bits per heavy atom. The van der Waals surface area contributed by atoms with E-state index in [4.69, 9.17) is 4.74 Å². The van der Waals surface area contributed by atoms with E-state index in [1.165, 1.54) is 19.2 Å². The van der Waals surface area contributed by atoms with E-state index in [2.05, 4.69) is 26.1 Å². The summed E-state index contributed by atoms with van der Waals surface area (Å²) in [5.74, 6) is -3.23. The Kier molecular flexibility index (Phi) is 6.88. The molecule has 1 aromatic heterocycles. The third-order valence-electron chi connectivity index (χ3n) is 5.78. The third-order valence-corrected chi connectivity index (χ3v) is 6.95. The van der Waals surface area contributed by atoms with Crippen LogP contribution in [0.25, 0.3) is 0 Å². The molecule has 0 saturated carbocycles. The van der Waals surface area contributed by atoms with E-state index in [1.54, 1.807) is 12.1 Å². The molecule has 33 heavy (non-hydrogen) atoms. The molecule has 0 aliphatic heterocycles. The molecule has 0 radical (unpaired) electrons. The number of benzene rings is 1. The number of rotatable bonds is 4. The van der Waals surface area contributed by atoms with E-state index in [-0.39, 0.29) is 33.1 Å². The number of para-hydroxylation sites is 1. The predicted octanol–water partition coefficient (Wildman–Crippen LogP) is 5.44. The van der Waals surface area contributed by atoms with Gasteiger partial charge in [0.15, 0.2) is 0 Å². The lowest BCUT2D eigenvalue weighted by molar-refractivity contribution is -0.167. The van der Waals surface area contributed by atoms with Crippen molar-refractivity contribution in [1.29, 1.82) is 0 Å². The monoisotopic (exact) mass is 482 g/mol. The van der Waals surface area contributed by atoms with Crippen LogP contribution >= 0.6 is 11.3 Å². The van der Waals surface area contributed by atoms with Crippen LogP contribution in [0.5, 0.6) is 0 Å². The molecule has 0 saturated heterocycles. The zero-order valence-electron chi connectivity index (χ0n) is 18.7. The van der Waals surface area contributed by atoms with Gasteiger partial charge in [-0.3, -0.25) is 9.59 Å². The van der Waals surface area contributed by atoms with Crippen LogP contribution in [0.3, 0.4) is 0 Å². The molecular formula is C23H25F3N2O4S. The fourth-order valence-corrected chi connectivity index (χ4v) is 5.21. The van der Waals surface area contributed by atoms with Gasteiger partial charge in [-0.15, -0.1) is 11.3 Å². The quantitative estimate of drug-likeness (QED) is 0.569. The molecule has 2 aromatic rings. The number of methoxy groups -OCH3 is 1. The minimum atomic E-state index is -5.09. The van der Waals surface area contributed by atoms with Crippen molar-refractivity contribution >= 4 is 39.8 Å². The van der Waals surface area contributed by atoms with Gasteiger partial charge in [0.05, 0.1) is 23.9 Å².